The first kappa shape index (κ1) is 19.1. The zero-order chi connectivity index (χ0) is 19.4. The summed E-state index contributed by atoms with van der Waals surface area (Å²) in [6, 6.07) is 8.79. The SMILES string of the molecule is Cc1occc1C(=O)Nc1nc(CC(=O)NC(C)c2ccc(Cl)cc2)cs1. The van der Waals surface area contributed by atoms with Gasteiger partial charge in [-0.25, -0.2) is 4.98 Å². The summed E-state index contributed by atoms with van der Waals surface area (Å²) >= 11 is 7.15. The van der Waals surface area contributed by atoms with Gasteiger partial charge in [-0.2, -0.15) is 0 Å². The Morgan fingerprint density at radius 2 is 2.00 bits per heavy atom. The molecule has 0 saturated carbocycles. The molecule has 2 amide bonds. The predicted octanol–water partition coefficient (Wildman–Crippen LogP) is 4.37. The molecule has 2 heterocycles. The number of benzene rings is 1. The van der Waals surface area contributed by atoms with E-state index < -0.39 is 0 Å². The summed E-state index contributed by atoms with van der Waals surface area (Å²) in [5.41, 5.74) is 2.02. The lowest BCUT2D eigenvalue weighted by atomic mass is 10.1. The minimum absolute atomic E-state index is 0.134. The molecule has 1 aromatic carbocycles. The molecule has 1 atom stereocenters. The molecule has 3 rings (SSSR count). The molecule has 1 unspecified atom stereocenters. The van der Waals surface area contributed by atoms with E-state index >= 15 is 0 Å². The molecular formula is C19H18ClN3O3S. The Kier molecular flexibility index (Phi) is 5.93. The Labute approximate surface area is 165 Å². The van der Waals surface area contributed by atoms with Crippen molar-refractivity contribution >= 4 is 39.9 Å². The second-order valence-corrected chi connectivity index (χ2v) is 7.30. The Balaban J connectivity index is 1.55. The fourth-order valence-corrected chi connectivity index (χ4v) is 3.35. The molecular weight excluding hydrogens is 386 g/mol. The zero-order valence-electron chi connectivity index (χ0n) is 14.8. The van der Waals surface area contributed by atoms with Crippen LogP contribution in [0.4, 0.5) is 5.13 Å². The van der Waals surface area contributed by atoms with E-state index in [1.54, 1.807) is 30.5 Å². The number of thiazole rings is 1. The van der Waals surface area contributed by atoms with Crippen molar-refractivity contribution in [1.29, 1.82) is 0 Å². The molecule has 27 heavy (non-hydrogen) atoms. The third-order valence-corrected chi connectivity index (χ3v) is 5.02. The van der Waals surface area contributed by atoms with Crippen molar-refractivity contribution in [3.05, 3.63) is 69.6 Å². The van der Waals surface area contributed by atoms with Crippen LogP contribution in [0.3, 0.4) is 0 Å². The first-order chi connectivity index (χ1) is 12.9. The standard InChI is InChI=1S/C19H18ClN3O3S/c1-11(13-3-5-14(20)6-4-13)21-17(24)9-15-10-27-19(22-15)23-18(25)16-7-8-26-12(16)2/h3-8,10-11H,9H2,1-2H3,(H,21,24)(H,22,23,25). The maximum Gasteiger partial charge on any atom is 0.260 e. The first-order valence-electron chi connectivity index (χ1n) is 8.27. The normalized spacial score (nSPS) is 11.8. The number of hydrogen-bond donors (Lipinski definition) is 2. The summed E-state index contributed by atoms with van der Waals surface area (Å²) < 4.78 is 5.12. The lowest BCUT2D eigenvalue weighted by Crippen LogP contribution is -2.28. The number of aryl methyl sites for hydroxylation is 1. The van der Waals surface area contributed by atoms with Crippen molar-refractivity contribution < 1.29 is 14.0 Å². The molecule has 140 valence electrons. The fourth-order valence-electron chi connectivity index (χ4n) is 2.52. The third kappa shape index (κ3) is 4.96. The summed E-state index contributed by atoms with van der Waals surface area (Å²) in [7, 11) is 0. The molecule has 6 nitrogen and oxygen atoms in total. The lowest BCUT2D eigenvalue weighted by Gasteiger charge is -2.14. The van der Waals surface area contributed by atoms with Crippen molar-refractivity contribution in [2.75, 3.05) is 5.32 Å². The molecule has 8 heteroatoms. The van der Waals surface area contributed by atoms with Gasteiger partial charge in [-0.3, -0.25) is 14.9 Å². The monoisotopic (exact) mass is 403 g/mol. The highest BCUT2D eigenvalue weighted by molar-refractivity contribution is 7.14. The molecule has 0 spiro atoms. The highest BCUT2D eigenvalue weighted by Crippen LogP contribution is 2.19. The van der Waals surface area contributed by atoms with Crippen LogP contribution in [-0.4, -0.2) is 16.8 Å². The number of carbonyl (C=O) groups excluding carboxylic acids is 2. The largest absolute Gasteiger partial charge is 0.469 e. The van der Waals surface area contributed by atoms with E-state index in [0.29, 0.717) is 27.2 Å². The minimum atomic E-state index is -0.289. The first-order valence-corrected chi connectivity index (χ1v) is 9.53. The number of nitrogens with zero attached hydrogens (tertiary/aromatic N) is 1. The third-order valence-electron chi connectivity index (χ3n) is 3.96. The second kappa shape index (κ2) is 8.37. The Hall–Kier alpha value is -2.64. The van der Waals surface area contributed by atoms with Gasteiger partial charge in [0.2, 0.25) is 5.91 Å². The van der Waals surface area contributed by atoms with Gasteiger partial charge in [-0.1, -0.05) is 23.7 Å². The van der Waals surface area contributed by atoms with Crippen LogP contribution >= 0.6 is 22.9 Å². The molecule has 3 aromatic rings. The summed E-state index contributed by atoms with van der Waals surface area (Å²) in [6.45, 7) is 3.62. The summed E-state index contributed by atoms with van der Waals surface area (Å²) in [6.07, 6.45) is 1.60. The average Bonchev–Trinajstić information content (AvgIpc) is 3.24. The van der Waals surface area contributed by atoms with Crippen molar-refractivity contribution in [2.24, 2.45) is 0 Å². The van der Waals surface area contributed by atoms with E-state index in [2.05, 4.69) is 15.6 Å². The van der Waals surface area contributed by atoms with Crippen LogP contribution in [-0.2, 0) is 11.2 Å². The van der Waals surface area contributed by atoms with Crippen LogP contribution in [0.2, 0.25) is 5.02 Å². The van der Waals surface area contributed by atoms with E-state index in [0.717, 1.165) is 5.56 Å². The van der Waals surface area contributed by atoms with Crippen LogP contribution < -0.4 is 10.6 Å². The maximum absolute atomic E-state index is 12.3. The van der Waals surface area contributed by atoms with Crippen molar-refractivity contribution in [1.82, 2.24) is 10.3 Å². The Morgan fingerprint density at radius 3 is 2.67 bits per heavy atom. The maximum atomic E-state index is 12.3. The number of rotatable bonds is 6. The topological polar surface area (TPSA) is 84.2 Å². The van der Waals surface area contributed by atoms with E-state index in [1.807, 2.05) is 19.1 Å². The van der Waals surface area contributed by atoms with Crippen LogP contribution in [0.25, 0.3) is 0 Å². The second-order valence-electron chi connectivity index (χ2n) is 6.01. The smallest absolute Gasteiger partial charge is 0.260 e. The number of aromatic nitrogens is 1. The average molecular weight is 404 g/mol. The summed E-state index contributed by atoms with van der Waals surface area (Å²) in [4.78, 5) is 28.7. The molecule has 2 aromatic heterocycles. The molecule has 0 aliphatic rings. The fraction of sp³-hybridized carbons (Fsp3) is 0.211. The molecule has 0 bridgehead atoms. The summed E-state index contributed by atoms with van der Waals surface area (Å²) in [5.74, 6) is 0.106. The van der Waals surface area contributed by atoms with Gasteiger partial charge in [0, 0.05) is 10.4 Å². The predicted molar refractivity (Wildman–Crippen MR) is 105 cm³/mol. The van der Waals surface area contributed by atoms with Crippen LogP contribution in [0.15, 0.2) is 46.4 Å². The molecule has 2 N–H and O–H groups in total. The lowest BCUT2D eigenvalue weighted by molar-refractivity contribution is -0.121. The van der Waals surface area contributed by atoms with Gasteiger partial charge < -0.3 is 9.73 Å². The van der Waals surface area contributed by atoms with Crippen LogP contribution in [0, 0.1) is 6.92 Å². The Morgan fingerprint density at radius 1 is 1.26 bits per heavy atom. The summed E-state index contributed by atoms with van der Waals surface area (Å²) in [5, 5.41) is 8.49. The van der Waals surface area contributed by atoms with Crippen molar-refractivity contribution in [3.63, 3.8) is 0 Å². The van der Waals surface area contributed by atoms with E-state index in [-0.39, 0.29) is 24.3 Å². The van der Waals surface area contributed by atoms with Gasteiger partial charge in [0.15, 0.2) is 5.13 Å². The quantitative estimate of drug-likeness (QED) is 0.640. The number of carbonyl (C=O) groups is 2. The number of amides is 2. The van der Waals surface area contributed by atoms with Crippen LogP contribution in [0.5, 0.6) is 0 Å². The van der Waals surface area contributed by atoms with Crippen LogP contribution in [0.1, 0.15) is 40.3 Å². The van der Waals surface area contributed by atoms with Gasteiger partial charge in [0.05, 0.1) is 30.0 Å². The highest BCUT2D eigenvalue weighted by Gasteiger charge is 2.15. The molecule has 0 aliphatic heterocycles. The molecule has 0 aliphatic carbocycles. The van der Waals surface area contributed by atoms with Gasteiger partial charge in [-0.05, 0) is 37.6 Å². The number of anilines is 1. The van der Waals surface area contributed by atoms with E-state index in [1.165, 1.54) is 17.6 Å². The number of furan rings is 1. The Bertz CT molecular complexity index is 949. The van der Waals surface area contributed by atoms with Gasteiger partial charge in [0.1, 0.15) is 5.76 Å². The number of nitrogens with one attached hydrogen (secondary N) is 2. The molecule has 0 radical (unpaired) electrons. The van der Waals surface area contributed by atoms with Crippen molar-refractivity contribution in [2.45, 2.75) is 26.3 Å². The molecule has 0 fully saturated rings. The van der Waals surface area contributed by atoms with E-state index in [9.17, 15) is 9.59 Å². The van der Waals surface area contributed by atoms with Crippen molar-refractivity contribution in [3.8, 4) is 0 Å². The number of halogens is 1. The number of hydrogen-bond acceptors (Lipinski definition) is 5. The molecule has 0 saturated heterocycles. The van der Waals surface area contributed by atoms with Gasteiger partial charge in [0.25, 0.3) is 5.91 Å². The van der Waals surface area contributed by atoms with Gasteiger partial charge in [-0.15, -0.1) is 11.3 Å². The van der Waals surface area contributed by atoms with Gasteiger partial charge >= 0.3 is 0 Å². The highest BCUT2D eigenvalue weighted by atomic mass is 35.5. The minimum Gasteiger partial charge on any atom is -0.469 e. The zero-order valence-corrected chi connectivity index (χ0v) is 16.4. The van der Waals surface area contributed by atoms with E-state index in [4.69, 9.17) is 16.0 Å².